The molecule has 1 amide bonds. The van der Waals surface area contributed by atoms with E-state index < -0.39 is 0 Å². The minimum Gasteiger partial charge on any atom is -0.497 e. The molecule has 1 aliphatic rings. The molecule has 2 aromatic carbocycles. The molecule has 1 unspecified atom stereocenters. The van der Waals surface area contributed by atoms with Gasteiger partial charge in [-0.15, -0.1) is 0 Å². The maximum absolute atomic E-state index is 13.1. The third-order valence-electron chi connectivity index (χ3n) is 4.87. The van der Waals surface area contributed by atoms with Crippen LogP contribution in [0.5, 0.6) is 5.75 Å². The second-order valence-corrected chi connectivity index (χ2v) is 6.73. The molecular weight excluding hydrogens is 298 g/mol. The molecule has 0 saturated heterocycles. The Labute approximate surface area is 144 Å². The van der Waals surface area contributed by atoms with E-state index in [0.717, 1.165) is 16.9 Å². The van der Waals surface area contributed by atoms with E-state index in [-0.39, 0.29) is 11.9 Å². The lowest BCUT2D eigenvalue weighted by atomic mass is 10.1. The Morgan fingerprint density at radius 2 is 1.75 bits per heavy atom. The first kappa shape index (κ1) is 16.6. The predicted octanol–water partition coefficient (Wildman–Crippen LogP) is 4.44. The summed E-state index contributed by atoms with van der Waals surface area (Å²) in [5.74, 6) is 1.59. The second-order valence-electron chi connectivity index (χ2n) is 6.73. The van der Waals surface area contributed by atoms with E-state index >= 15 is 0 Å². The average Bonchev–Trinajstić information content (AvgIpc) is 3.45. The lowest BCUT2D eigenvalue weighted by Gasteiger charge is -2.30. The molecule has 24 heavy (non-hydrogen) atoms. The number of ether oxygens (including phenoxy) is 1. The standard InChI is InChI=1S/C21H25NO2/c1-15-4-8-19(9-5-15)21(23)22(16(2)18-10-11-18)14-17-6-12-20(24-3)13-7-17/h4-9,12-13,16,18H,10-11,14H2,1-3H3. The van der Waals surface area contributed by atoms with E-state index in [0.29, 0.717) is 12.5 Å². The number of hydrogen-bond acceptors (Lipinski definition) is 2. The van der Waals surface area contributed by atoms with Gasteiger partial charge < -0.3 is 9.64 Å². The van der Waals surface area contributed by atoms with E-state index in [1.165, 1.54) is 18.4 Å². The van der Waals surface area contributed by atoms with Crippen LogP contribution in [0.2, 0.25) is 0 Å². The van der Waals surface area contributed by atoms with Gasteiger partial charge in [0.2, 0.25) is 0 Å². The molecule has 3 nitrogen and oxygen atoms in total. The first-order valence-electron chi connectivity index (χ1n) is 8.59. The monoisotopic (exact) mass is 323 g/mol. The summed E-state index contributed by atoms with van der Waals surface area (Å²) in [5.41, 5.74) is 3.06. The van der Waals surface area contributed by atoms with Crippen molar-refractivity contribution in [3.8, 4) is 5.75 Å². The summed E-state index contributed by atoms with van der Waals surface area (Å²) in [5, 5.41) is 0. The van der Waals surface area contributed by atoms with Crippen LogP contribution in [0.15, 0.2) is 48.5 Å². The van der Waals surface area contributed by atoms with Crippen molar-refractivity contribution >= 4 is 5.91 Å². The summed E-state index contributed by atoms with van der Waals surface area (Å²) >= 11 is 0. The number of rotatable bonds is 6. The van der Waals surface area contributed by atoms with Gasteiger partial charge in [0.15, 0.2) is 0 Å². The van der Waals surface area contributed by atoms with Gasteiger partial charge in [0.1, 0.15) is 5.75 Å². The first-order valence-corrected chi connectivity index (χ1v) is 8.59. The van der Waals surface area contributed by atoms with E-state index in [1.807, 2.05) is 60.4 Å². The van der Waals surface area contributed by atoms with Gasteiger partial charge in [0, 0.05) is 18.2 Å². The number of nitrogens with zero attached hydrogens (tertiary/aromatic N) is 1. The van der Waals surface area contributed by atoms with Gasteiger partial charge in [0.05, 0.1) is 7.11 Å². The third-order valence-corrected chi connectivity index (χ3v) is 4.87. The molecule has 0 spiro atoms. The highest BCUT2D eigenvalue weighted by Gasteiger charge is 2.34. The second kappa shape index (κ2) is 7.08. The molecule has 0 aliphatic heterocycles. The minimum atomic E-state index is 0.116. The molecular formula is C21H25NO2. The van der Waals surface area contributed by atoms with Crippen LogP contribution < -0.4 is 4.74 Å². The highest BCUT2D eigenvalue weighted by atomic mass is 16.5. The lowest BCUT2D eigenvalue weighted by molar-refractivity contribution is 0.0654. The van der Waals surface area contributed by atoms with Crippen molar-refractivity contribution in [1.29, 1.82) is 0 Å². The van der Waals surface area contributed by atoms with Crippen LogP contribution in [-0.4, -0.2) is 24.0 Å². The molecule has 1 aliphatic carbocycles. The van der Waals surface area contributed by atoms with Crippen molar-refractivity contribution in [3.63, 3.8) is 0 Å². The molecule has 0 heterocycles. The quantitative estimate of drug-likeness (QED) is 0.786. The van der Waals surface area contributed by atoms with Crippen LogP contribution in [0.4, 0.5) is 0 Å². The van der Waals surface area contributed by atoms with Gasteiger partial charge in [-0.05, 0) is 62.4 Å². The van der Waals surface area contributed by atoms with E-state index in [2.05, 4.69) is 6.92 Å². The van der Waals surface area contributed by atoms with Gasteiger partial charge in [-0.3, -0.25) is 4.79 Å². The van der Waals surface area contributed by atoms with Crippen molar-refractivity contribution in [2.45, 2.75) is 39.3 Å². The van der Waals surface area contributed by atoms with Gasteiger partial charge in [0.25, 0.3) is 5.91 Å². The SMILES string of the molecule is COc1ccc(CN(C(=O)c2ccc(C)cc2)C(C)C2CC2)cc1. The zero-order chi connectivity index (χ0) is 17.1. The van der Waals surface area contributed by atoms with Crippen LogP contribution >= 0.6 is 0 Å². The molecule has 0 bridgehead atoms. The molecule has 1 fully saturated rings. The summed E-state index contributed by atoms with van der Waals surface area (Å²) in [4.78, 5) is 15.1. The molecule has 1 atom stereocenters. The summed E-state index contributed by atoms with van der Waals surface area (Å²) in [7, 11) is 1.66. The normalized spacial score (nSPS) is 15.0. The Bertz CT molecular complexity index is 687. The zero-order valence-electron chi connectivity index (χ0n) is 14.7. The topological polar surface area (TPSA) is 29.5 Å². The minimum absolute atomic E-state index is 0.116. The Balaban J connectivity index is 1.82. The van der Waals surface area contributed by atoms with Crippen molar-refractivity contribution in [1.82, 2.24) is 4.90 Å². The molecule has 1 saturated carbocycles. The highest BCUT2D eigenvalue weighted by molar-refractivity contribution is 5.94. The van der Waals surface area contributed by atoms with E-state index in [4.69, 9.17) is 4.74 Å². The average molecular weight is 323 g/mol. The van der Waals surface area contributed by atoms with Crippen molar-refractivity contribution in [3.05, 3.63) is 65.2 Å². The summed E-state index contributed by atoms with van der Waals surface area (Å²) < 4.78 is 5.22. The molecule has 2 aromatic rings. The summed E-state index contributed by atoms with van der Waals surface area (Å²) in [6.07, 6.45) is 2.45. The summed E-state index contributed by atoms with van der Waals surface area (Å²) in [6, 6.07) is 16.1. The number of carbonyl (C=O) groups excluding carboxylic acids is 1. The van der Waals surface area contributed by atoms with Crippen LogP contribution in [0.1, 0.15) is 41.3 Å². The summed E-state index contributed by atoms with van der Waals surface area (Å²) in [6.45, 7) is 4.85. The van der Waals surface area contributed by atoms with Gasteiger partial charge in [-0.25, -0.2) is 0 Å². The van der Waals surface area contributed by atoms with Gasteiger partial charge in [-0.1, -0.05) is 29.8 Å². The highest BCUT2D eigenvalue weighted by Crippen LogP contribution is 2.36. The van der Waals surface area contributed by atoms with Gasteiger partial charge >= 0.3 is 0 Å². The molecule has 3 heteroatoms. The smallest absolute Gasteiger partial charge is 0.254 e. The molecule has 3 rings (SSSR count). The lowest BCUT2D eigenvalue weighted by Crippen LogP contribution is -2.39. The van der Waals surface area contributed by atoms with Crippen LogP contribution in [0, 0.1) is 12.8 Å². The van der Waals surface area contributed by atoms with Gasteiger partial charge in [-0.2, -0.15) is 0 Å². The maximum atomic E-state index is 13.1. The predicted molar refractivity (Wildman–Crippen MR) is 96.2 cm³/mol. The van der Waals surface area contributed by atoms with E-state index in [9.17, 15) is 4.79 Å². The Hall–Kier alpha value is -2.29. The van der Waals surface area contributed by atoms with Crippen LogP contribution in [0.25, 0.3) is 0 Å². The fraction of sp³-hybridized carbons (Fsp3) is 0.381. The van der Waals surface area contributed by atoms with Crippen LogP contribution in [0.3, 0.4) is 0 Å². The fourth-order valence-electron chi connectivity index (χ4n) is 3.02. The number of aryl methyl sites for hydroxylation is 1. The number of benzene rings is 2. The molecule has 126 valence electrons. The van der Waals surface area contributed by atoms with E-state index in [1.54, 1.807) is 7.11 Å². The number of methoxy groups -OCH3 is 1. The van der Waals surface area contributed by atoms with Crippen LogP contribution in [-0.2, 0) is 6.54 Å². The fourth-order valence-corrected chi connectivity index (χ4v) is 3.02. The third kappa shape index (κ3) is 3.78. The zero-order valence-corrected chi connectivity index (χ0v) is 14.7. The van der Waals surface area contributed by atoms with Crippen molar-refractivity contribution in [2.75, 3.05) is 7.11 Å². The number of carbonyl (C=O) groups is 1. The molecule has 0 radical (unpaired) electrons. The maximum Gasteiger partial charge on any atom is 0.254 e. The largest absolute Gasteiger partial charge is 0.497 e. The Morgan fingerprint density at radius 3 is 2.29 bits per heavy atom. The Kier molecular flexibility index (Phi) is 4.89. The van der Waals surface area contributed by atoms with Crippen molar-refractivity contribution in [2.24, 2.45) is 5.92 Å². The molecule has 0 aromatic heterocycles. The first-order chi connectivity index (χ1) is 11.6. The molecule has 0 N–H and O–H groups in total. The van der Waals surface area contributed by atoms with Crippen molar-refractivity contribution < 1.29 is 9.53 Å². The number of amides is 1. The Morgan fingerprint density at radius 1 is 1.12 bits per heavy atom. The number of hydrogen-bond donors (Lipinski definition) is 0.